The van der Waals surface area contributed by atoms with Crippen LogP contribution in [0.25, 0.3) is 0 Å². The van der Waals surface area contributed by atoms with Gasteiger partial charge in [0.15, 0.2) is 8.68 Å². The number of rotatable bonds is 3. The number of piperidine rings is 1. The zero-order valence-electron chi connectivity index (χ0n) is 9.39. The van der Waals surface area contributed by atoms with Crippen molar-refractivity contribution < 1.29 is 8.42 Å². The molecule has 1 atom stereocenters. The highest BCUT2D eigenvalue weighted by Crippen LogP contribution is 2.23. The lowest BCUT2D eigenvalue weighted by molar-refractivity contribution is 0.242. The number of likely N-dealkylation sites (N-methyl/N-ethyl adjacent to an activating group) is 1. The number of thiazole rings is 1. The van der Waals surface area contributed by atoms with Gasteiger partial charge in [-0.25, -0.2) is 18.1 Å². The van der Waals surface area contributed by atoms with Crippen LogP contribution >= 0.6 is 22.9 Å². The molecule has 0 radical (unpaired) electrons. The molecule has 0 saturated carbocycles. The normalized spacial score (nSPS) is 22.8. The molecule has 1 fully saturated rings. The third kappa shape index (κ3) is 3.38. The summed E-state index contributed by atoms with van der Waals surface area (Å²) in [6, 6.07) is -0.0281. The minimum atomic E-state index is -3.47. The van der Waals surface area contributed by atoms with E-state index in [-0.39, 0.29) is 14.7 Å². The van der Waals surface area contributed by atoms with Crippen LogP contribution in [-0.2, 0) is 10.0 Å². The van der Waals surface area contributed by atoms with Crippen LogP contribution in [0.15, 0.2) is 10.4 Å². The summed E-state index contributed by atoms with van der Waals surface area (Å²) in [5.74, 6) is 0. The number of hydrogen-bond donors (Lipinski definition) is 1. The molecule has 1 aromatic rings. The summed E-state index contributed by atoms with van der Waals surface area (Å²) in [6.07, 6.45) is 3.17. The fourth-order valence-corrected chi connectivity index (χ4v) is 4.47. The minimum Gasteiger partial charge on any atom is -0.305 e. The Morgan fingerprint density at radius 3 is 3.00 bits per heavy atom. The molecule has 0 aliphatic carbocycles. The number of likely N-dealkylation sites (tertiary alicyclic amines) is 1. The maximum Gasteiger partial charge on any atom is 0.252 e. The summed E-state index contributed by atoms with van der Waals surface area (Å²) in [6.45, 7) is 1.76. The van der Waals surface area contributed by atoms with Crippen molar-refractivity contribution in [3.63, 3.8) is 0 Å². The lowest BCUT2D eigenvalue weighted by Gasteiger charge is -2.29. The number of nitrogens with zero attached hydrogens (tertiary/aromatic N) is 2. The average molecular weight is 296 g/mol. The van der Waals surface area contributed by atoms with E-state index in [0.29, 0.717) is 0 Å². The van der Waals surface area contributed by atoms with Crippen molar-refractivity contribution in [2.75, 3.05) is 20.1 Å². The monoisotopic (exact) mass is 295 g/mol. The summed E-state index contributed by atoms with van der Waals surface area (Å²) >= 11 is 6.61. The average Bonchev–Trinajstić information content (AvgIpc) is 2.65. The van der Waals surface area contributed by atoms with Crippen molar-refractivity contribution >= 4 is 33.0 Å². The van der Waals surface area contributed by atoms with Gasteiger partial charge in [0.25, 0.3) is 10.0 Å². The molecule has 96 valence electrons. The molecule has 1 saturated heterocycles. The molecule has 2 heterocycles. The van der Waals surface area contributed by atoms with Gasteiger partial charge in [0.05, 0.1) is 6.20 Å². The highest BCUT2D eigenvalue weighted by Gasteiger charge is 2.25. The topological polar surface area (TPSA) is 62.3 Å². The third-order valence-corrected chi connectivity index (χ3v) is 5.76. The second kappa shape index (κ2) is 5.19. The van der Waals surface area contributed by atoms with Gasteiger partial charge in [-0.1, -0.05) is 22.9 Å². The number of nitrogens with one attached hydrogen (secondary N) is 1. The van der Waals surface area contributed by atoms with E-state index < -0.39 is 10.0 Å². The first kappa shape index (κ1) is 13.2. The van der Waals surface area contributed by atoms with Crippen LogP contribution in [0.4, 0.5) is 0 Å². The van der Waals surface area contributed by atoms with Gasteiger partial charge in [-0.15, -0.1) is 0 Å². The molecular formula is C9H14ClN3O2S2. The van der Waals surface area contributed by atoms with Crippen LogP contribution < -0.4 is 4.72 Å². The van der Waals surface area contributed by atoms with Crippen molar-refractivity contribution in [2.45, 2.75) is 23.1 Å². The molecule has 1 aliphatic rings. The van der Waals surface area contributed by atoms with E-state index in [2.05, 4.69) is 14.6 Å². The molecule has 8 heteroatoms. The zero-order valence-corrected chi connectivity index (χ0v) is 11.8. The van der Waals surface area contributed by atoms with Gasteiger partial charge in [0, 0.05) is 12.6 Å². The predicted octanol–water partition coefficient (Wildman–Crippen LogP) is 1.17. The minimum absolute atomic E-state index is 0.0281. The Balaban J connectivity index is 2.07. The van der Waals surface area contributed by atoms with E-state index in [4.69, 9.17) is 11.6 Å². The molecule has 0 aromatic carbocycles. The van der Waals surface area contributed by atoms with Gasteiger partial charge >= 0.3 is 0 Å². The first-order valence-corrected chi connectivity index (χ1v) is 7.97. The van der Waals surface area contributed by atoms with Gasteiger partial charge in [0.2, 0.25) is 0 Å². The second-order valence-electron chi connectivity index (χ2n) is 4.15. The Morgan fingerprint density at radius 2 is 2.41 bits per heavy atom. The maximum absolute atomic E-state index is 12.0. The third-order valence-electron chi connectivity index (χ3n) is 2.67. The van der Waals surface area contributed by atoms with E-state index in [1.807, 2.05) is 7.05 Å². The molecule has 1 N–H and O–H groups in total. The molecule has 0 bridgehead atoms. The highest BCUT2D eigenvalue weighted by atomic mass is 35.5. The van der Waals surface area contributed by atoms with Gasteiger partial charge in [0.1, 0.15) is 0 Å². The first-order chi connectivity index (χ1) is 7.97. The van der Waals surface area contributed by atoms with Crippen molar-refractivity contribution in [3.8, 4) is 0 Å². The Kier molecular flexibility index (Phi) is 4.04. The number of sulfonamides is 1. The van der Waals surface area contributed by atoms with Crippen LogP contribution in [0.2, 0.25) is 4.47 Å². The smallest absolute Gasteiger partial charge is 0.252 e. The van der Waals surface area contributed by atoms with Crippen LogP contribution in [0.1, 0.15) is 12.8 Å². The largest absolute Gasteiger partial charge is 0.305 e. The Bertz CT molecular complexity index is 488. The Morgan fingerprint density at radius 1 is 1.65 bits per heavy atom. The summed E-state index contributed by atoms with van der Waals surface area (Å²) in [4.78, 5) is 5.87. The second-order valence-corrected chi connectivity index (χ2v) is 7.71. The van der Waals surface area contributed by atoms with Gasteiger partial charge in [-0.05, 0) is 26.4 Å². The molecule has 0 spiro atoms. The van der Waals surface area contributed by atoms with Crippen molar-refractivity contribution in [1.29, 1.82) is 0 Å². The standard InChI is InChI=1S/C9H14ClN3O2S2/c1-13-4-2-3-7(6-13)12-17(14,15)8-5-11-9(10)16-8/h5,7,12H,2-4,6H2,1H3. The molecule has 0 amide bonds. The fraction of sp³-hybridized carbons (Fsp3) is 0.667. The van der Waals surface area contributed by atoms with E-state index in [0.717, 1.165) is 37.3 Å². The van der Waals surface area contributed by atoms with E-state index in [9.17, 15) is 8.42 Å². The quantitative estimate of drug-likeness (QED) is 0.909. The van der Waals surface area contributed by atoms with Crippen LogP contribution in [0.3, 0.4) is 0 Å². The van der Waals surface area contributed by atoms with Gasteiger partial charge in [-0.3, -0.25) is 0 Å². The van der Waals surface area contributed by atoms with Gasteiger partial charge in [-0.2, -0.15) is 0 Å². The van der Waals surface area contributed by atoms with Crippen LogP contribution in [0, 0.1) is 0 Å². The summed E-state index contributed by atoms with van der Waals surface area (Å²) in [5, 5.41) is 0. The summed E-state index contributed by atoms with van der Waals surface area (Å²) < 4.78 is 27.1. The van der Waals surface area contributed by atoms with Crippen LogP contribution in [-0.4, -0.2) is 44.5 Å². The Labute approximate surface area is 110 Å². The molecule has 17 heavy (non-hydrogen) atoms. The van der Waals surface area contributed by atoms with Crippen LogP contribution in [0.5, 0.6) is 0 Å². The SMILES string of the molecule is CN1CCCC(NS(=O)(=O)c2cnc(Cl)s2)C1. The lowest BCUT2D eigenvalue weighted by atomic mass is 10.1. The van der Waals surface area contributed by atoms with Crippen molar-refractivity contribution in [1.82, 2.24) is 14.6 Å². The number of halogens is 1. The summed E-state index contributed by atoms with van der Waals surface area (Å²) in [7, 11) is -1.48. The summed E-state index contributed by atoms with van der Waals surface area (Å²) in [5.41, 5.74) is 0. The Hall–Kier alpha value is -0.210. The molecule has 1 unspecified atom stereocenters. The van der Waals surface area contributed by atoms with Gasteiger partial charge < -0.3 is 4.90 Å². The van der Waals surface area contributed by atoms with E-state index >= 15 is 0 Å². The molecule has 1 aliphatic heterocycles. The predicted molar refractivity (Wildman–Crippen MR) is 68.0 cm³/mol. The first-order valence-electron chi connectivity index (χ1n) is 5.29. The lowest BCUT2D eigenvalue weighted by Crippen LogP contribution is -2.46. The number of aromatic nitrogens is 1. The molecule has 1 aromatic heterocycles. The van der Waals surface area contributed by atoms with E-state index in [1.165, 1.54) is 6.20 Å². The fourth-order valence-electron chi connectivity index (χ4n) is 1.90. The van der Waals surface area contributed by atoms with Crippen molar-refractivity contribution in [2.24, 2.45) is 0 Å². The molecular weight excluding hydrogens is 282 g/mol. The molecule has 5 nitrogen and oxygen atoms in total. The molecule has 2 rings (SSSR count). The van der Waals surface area contributed by atoms with E-state index in [1.54, 1.807) is 0 Å². The maximum atomic E-state index is 12.0. The number of hydrogen-bond acceptors (Lipinski definition) is 5. The van der Waals surface area contributed by atoms with Crippen molar-refractivity contribution in [3.05, 3.63) is 10.7 Å². The zero-order chi connectivity index (χ0) is 12.5. The highest BCUT2D eigenvalue weighted by molar-refractivity contribution is 7.91.